The van der Waals surface area contributed by atoms with E-state index in [2.05, 4.69) is 4.72 Å². The fourth-order valence-corrected chi connectivity index (χ4v) is 2.45. The Kier molecular flexibility index (Phi) is 4.14. The first-order valence-corrected chi connectivity index (χ1v) is 6.25. The Morgan fingerprint density at radius 1 is 1.25 bits per heavy atom. The Balaban J connectivity index is 3.24. The minimum atomic E-state index is -3.51. The van der Waals surface area contributed by atoms with Crippen LogP contribution >= 0.6 is 0 Å². The molecule has 1 rings (SSSR count). The van der Waals surface area contributed by atoms with Gasteiger partial charge >= 0.3 is 0 Å². The molecule has 0 aliphatic heterocycles. The van der Waals surface area contributed by atoms with Crippen LogP contribution in [-0.4, -0.2) is 29.2 Å². The molecule has 1 aromatic rings. The van der Waals surface area contributed by atoms with E-state index < -0.39 is 10.0 Å². The summed E-state index contributed by atoms with van der Waals surface area (Å²) in [6, 6.07) is 4.56. The summed E-state index contributed by atoms with van der Waals surface area (Å²) in [5.74, 6) is 0.813. The molecule has 0 aliphatic carbocycles. The second-order valence-electron chi connectivity index (χ2n) is 3.02. The quantitative estimate of drug-likeness (QED) is 0.840. The largest absolute Gasteiger partial charge is 0.497 e. The summed E-state index contributed by atoms with van der Waals surface area (Å²) >= 11 is 0. The fourth-order valence-electron chi connectivity index (χ4n) is 1.26. The van der Waals surface area contributed by atoms with E-state index in [1.807, 2.05) is 0 Å². The number of hydrogen-bond acceptors (Lipinski definition) is 4. The Labute approximate surface area is 95.4 Å². The van der Waals surface area contributed by atoms with Crippen molar-refractivity contribution < 1.29 is 17.9 Å². The zero-order valence-electron chi connectivity index (χ0n) is 9.48. The second-order valence-corrected chi connectivity index (χ2v) is 4.75. The van der Waals surface area contributed by atoms with Gasteiger partial charge in [-0.3, -0.25) is 0 Å². The molecule has 0 saturated carbocycles. The summed E-state index contributed by atoms with van der Waals surface area (Å²) in [5.41, 5.74) is 0. The van der Waals surface area contributed by atoms with Crippen molar-refractivity contribution >= 4 is 10.0 Å². The van der Waals surface area contributed by atoms with Crippen LogP contribution in [0.4, 0.5) is 0 Å². The van der Waals surface area contributed by atoms with E-state index in [1.165, 1.54) is 26.4 Å². The molecule has 0 aromatic heterocycles. The summed E-state index contributed by atoms with van der Waals surface area (Å²) in [4.78, 5) is 0.109. The molecular weight excluding hydrogens is 230 g/mol. The van der Waals surface area contributed by atoms with Crippen molar-refractivity contribution in [1.29, 1.82) is 0 Å². The minimum Gasteiger partial charge on any atom is -0.497 e. The zero-order valence-corrected chi connectivity index (χ0v) is 10.3. The monoisotopic (exact) mass is 245 g/mol. The molecule has 0 fully saturated rings. The highest BCUT2D eigenvalue weighted by Gasteiger charge is 2.18. The molecule has 0 atom stereocenters. The lowest BCUT2D eigenvalue weighted by molar-refractivity contribution is 0.386. The highest BCUT2D eigenvalue weighted by Crippen LogP contribution is 2.27. The van der Waals surface area contributed by atoms with Gasteiger partial charge in [0.05, 0.1) is 14.2 Å². The van der Waals surface area contributed by atoms with Gasteiger partial charge in [-0.25, -0.2) is 13.1 Å². The molecule has 0 aliphatic rings. The van der Waals surface area contributed by atoms with E-state index in [1.54, 1.807) is 13.0 Å². The highest BCUT2D eigenvalue weighted by atomic mass is 32.2. The molecule has 0 spiro atoms. The summed E-state index contributed by atoms with van der Waals surface area (Å²) in [7, 11) is -0.585. The van der Waals surface area contributed by atoms with Gasteiger partial charge < -0.3 is 9.47 Å². The highest BCUT2D eigenvalue weighted by molar-refractivity contribution is 7.89. The predicted molar refractivity (Wildman–Crippen MR) is 60.4 cm³/mol. The number of rotatable bonds is 5. The van der Waals surface area contributed by atoms with Crippen LogP contribution in [0.25, 0.3) is 0 Å². The first kappa shape index (κ1) is 12.8. The van der Waals surface area contributed by atoms with Crippen LogP contribution in [0.15, 0.2) is 23.1 Å². The molecule has 1 N–H and O–H groups in total. The average Bonchev–Trinajstić information content (AvgIpc) is 2.28. The number of methoxy groups -OCH3 is 2. The van der Waals surface area contributed by atoms with E-state index in [-0.39, 0.29) is 10.6 Å². The maximum atomic E-state index is 11.8. The summed E-state index contributed by atoms with van der Waals surface area (Å²) in [5, 5.41) is 0. The third kappa shape index (κ3) is 2.65. The van der Waals surface area contributed by atoms with Crippen LogP contribution in [0.2, 0.25) is 0 Å². The molecule has 5 nitrogen and oxygen atoms in total. The van der Waals surface area contributed by atoms with Gasteiger partial charge in [-0.15, -0.1) is 0 Å². The average molecular weight is 245 g/mol. The lowest BCUT2D eigenvalue weighted by Crippen LogP contribution is -2.23. The van der Waals surface area contributed by atoms with E-state index >= 15 is 0 Å². The van der Waals surface area contributed by atoms with Crippen LogP contribution in [0.3, 0.4) is 0 Å². The third-order valence-corrected chi connectivity index (χ3v) is 3.58. The second kappa shape index (κ2) is 5.18. The third-order valence-electron chi connectivity index (χ3n) is 1.99. The van der Waals surface area contributed by atoms with E-state index in [0.29, 0.717) is 12.3 Å². The minimum absolute atomic E-state index is 0.109. The number of hydrogen-bond donors (Lipinski definition) is 1. The molecule has 0 saturated heterocycles. The van der Waals surface area contributed by atoms with E-state index in [4.69, 9.17) is 9.47 Å². The van der Waals surface area contributed by atoms with Gasteiger partial charge in [-0.05, 0) is 12.1 Å². The van der Waals surface area contributed by atoms with Crippen molar-refractivity contribution in [1.82, 2.24) is 4.72 Å². The van der Waals surface area contributed by atoms with Crippen LogP contribution < -0.4 is 14.2 Å². The summed E-state index contributed by atoms with van der Waals surface area (Å²) in [6.07, 6.45) is 0. The summed E-state index contributed by atoms with van der Waals surface area (Å²) < 4.78 is 36.0. The lowest BCUT2D eigenvalue weighted by atomic mass is 10.3. The molecule has 0 bridgehead atoms. The van der Waals surface area contributed by atoms with Crippen molar-refractivity contribution in [2.75, 3.05) is 20.8 Å². The molecule has 16 heavy (non-hydrogen) atoms. The van der Waals surface area contributed by atoms with Crippen LogP contribution in [0.1, 0.15) is 6.92 Å². The number of sulfonamides is 1. The normalized spacial score (nSPS) is 11.2. The standard InChI is InChI=1S/C10H15NO4S/c1-4-11-16(12,13)10-6-5-8(14-2)7-9(10)15-3/h5-7,11H,4H2,1-3H3. The number of benzene rings is 1. The van der Waals surface area contributed by atoms with Crippen molar-refractivity contribution in [2.45, 2.75) is 11.8 Å². The molecule has 90 valence electrons. The van der Waals surface area contributed by atoms with Gasteiger partial charge in [-0.1, -0.05) is 6.92 Å². The van der Waals surface area contributed by atoms with Crippen molar-refractivity contribution in [2.24, 2.45) is 0 Å². The maximum Gasteiger partial charge on any atom is 0.244 e. The maximum absolute atomic E-state index is 11.8. The lowest BCUT2D eigenvalue weighted by Gasteiger charge is -2.10. The van der Waals surface area contributed by atoms with Gasteiger partial charge in [0.1, 0.15) is 16.4 Å². The van der Waals surface area contributed by atoms with Gasteiger partial charge in [0.15, 0.2) is 0 Å². The Morgan fingerprint density at radius 2 is 1.94 bits per heavy atom. The molecular formula is C10H15NO4S. The molecule has 0 amide bonds. The van der Waals surface area contributed by atoms with Gasteiger partial charge in [0.25, 0.3) is 0 Å². The molecule has 6 heteroatoms. The zero-order chi connectivity index (χ0) is 12.2. The Bertz CT molecular complexity index is 456. The number of nitrogens with one attached hydrogen (secondary N) is 1. The van der Waals surface area contributed by atoms with Crippen LogP contribution in [0.5, 0.6) is 11.5 Å². The predicted octanol–water partition coefficient (Wildman–Crippen LogP) is 1.00. The topological polar surface area (TPSA) is 64.6 Å². The van der Waals surface area contributed by atoms with E-state index in [0.717, 1.165) is 0 Å². The molecule has 0 unspecified atom stereocenters. The van der Waals surface area contributed by atoms with Gasteiger partial charge in [0, 0.05) is 12.6 Å². The van der Waals surface area contributed by atoms with Crippen molar-refractivity contribution in [3.8, 4) is 11.5 Å². The first-order chi connectivity index (χ1) is 7.55. The molecule has 1 aromatic carbocycles. The smallest absolute Gasteiger partial charge is 0.244 e. The van der Waals surface area contributed by atoms with Crippen LogP contribution in [0, 0.1) is 0 Å². The fraction of sp³-hybridized carbons (Fsp3) is 0.400. The van der Waals surface area contributed by atoms with Crippen LogP contribution in [-0.2, 0) is 10.0 Å². The Hall–Kier alpha value is -1.27. The summed E-state index contributed by atoms with van der Waals surface area (Å²) in [6.45, 7) is 2.05. The molecule has 0 heterocycles. The SMILES string of the molecule is CCNS(=O)(=O)c1ccc(OC)cc1OC. The van der Waals surface area contributed by atoms with E-state index in [9.17, 15) is 8.42 Å². The Morgan fingerprint density at radius 3 is 2.44 bits per heavy atom. The number of ether oxygens (including phenoxy) is 2. The first-order valence-electron chi connectivity index (χ1n) is 4.77. The van der Waals surface area contributed by atoms with Crippen molar-refractivity contribution in [3.63, 3.8) is 0 Å². The van der Waals surface area contributed by atoms with Gasteiger partial charge in [0.2, 0.25) is 10.0 Å². The molecule has 0 radical (unpaired) electrons. The van der Waals surface area contributed by atoms with Crippen molar-refractivity contribution in [3.05, 3.63) is 18.2 Å². The van der Waals surface area contributed by atoms with Gasteiger partial charge in [-0.2, -0.15) is 0 Å².